The summed E-state index contributed by atoms with van der Waals surface area (Å²) in [7, 11) is 0. The minimum Gasteiger partial charge on any atom is -0.486 e. The molecule has 106 valence electrons. The van der Waals surface area contributed by atoms with Gasteiger partial charge in [0.15, 0.2) is 0 Å². The number of ether oxygens (including phenoxy) is 1. The standard InChI is InChI=1S/C17H22N2O/c1-17(2,3)13-9-10-14(18)15(19)16(13)20-11-12-7-5-4-6-8-12/h4-10H,11,18-19H2,1-3H3. The Labute approximate surface area is 120 Å². The largest absolute Gasteiger partial charge is 0.486 e. The van der Waals surface area contributed by atoms with Crippen molar-refractivity contribution in [1.29, 1.82) is 0 Å². The van der Waals surface area contributed by atoms with Crippen molar-refractivity contribution in [3.05, 3.63) is 53.6 Å². The Morgan fingerprint density at radius 1 is 0.950 bits per heavy atom. The van der Waals surface area contributed by atoms with Crippen molar-refractivity contribution in [2.75, 3.05) is 11.5 Å². The summed E-state index contributed by atoms with van der Waals surface area (Å²) in [6, 6.07) is 13.9. The highest BCUT2D eigenvalue weighted by Gasteiger charge is 2.22. The molecule has 0 fully saturated rings. The number of hydrogen-bond acceptors (Lipinski definition) is 3. The predicted molar refractivity (Wildman–Crippen MR) is 84.7 cm³/mol. The molecule has 3 nitrogen and oxygen atoms in total. The van der Waals surface area contributed by atoms with Crippen molar-refractivity contribution in [3.63, 3.8) is 0 Å². The van der Waals surface area contributed by atoms with E-state index in [2.05, 4.69) is 20.8 Å². The molecule has 2 aromatic carbocycles. The van der Waals surface area contributed by atoms with Crippen LogP contribution in [0.1, 0.15) is 31.9 Å². The van der Waals surface area contributed by atoms with Gasteiger partial charge in [-0.15, -0.1) is 0 Å². The summed E-state index contributed by atoms with van der Waals surface area (Å²) in [6.45, 7) is 6.88. The average Bonchev–Trinajstić information content (AvgIpc) is 2.40. The van der Waals surface area contributed by atoms with Gasteiger partial charge in [0.25, 0.3) is 0 Å². The van der Waals surface area contributed by atoms with Crippen LogP contribution in [-0.4, -0.2) is 0 Å². The Bertz CT molecular complexity index is 586. The van der Waals surface area contributed by atoms with Crippen LogP contribution in [0.2, 0.25) is 0 Å². The lowest BCUT2D eigenvalue weighted by molar-refractivity contribution is 0.299. The molecule has 0 heterocycles. The second-order valence-corrected chi connectivity index (χ2v) is 5.97. The fourth-order valence-corrected chi connectivity index (χ4v) is 2.09. The number of nitrogen functional groups attached to an aromatic ring is 2. The maximum atomic E-state index is 6.09. The lowest BCUT2D eigenvalue weighted by Crippen LogP contribution is -2.15. The number of hydrogen-bond donors (Lipinski definition) is 2. The van der Waals surface area contributed by atoms with Crippen LogP contribution >= 0.6 is 0 Å². The zero-order valence-corrected chi connectivity index (χ0v) is 12.3. The summed E-state index contributed by atoms with van der Waals surface area (Å²) < 4.78 is 5.96. The summed E-state index contributed by atoms with van der Waals surface area (Å²) in [5.41, 5.74) is 15.2. The van der Waals surface area contributed by atoms with Crippen LogP contribution in [0, 0.1) is 0 Å². The molecular weight excluding hydrogens is 248 g/mol. The van der Waals surface area contributed by atoms with Crippen molar-refractivity contribution in [2.45, 2.75) is 32.8 Å². The molecule has 0 radical (unpaired) electrons. The highest BCUT2D eigenvalue weighted by Crippen LogP contribution is 2.39. The first kappa shape index (κ1) is 14.3. The van der Waals surface area contributed by atoms with Crippen LogP contribution in [0.4, 0.5) is 11.4 Å². The third-order valence-corrected chi connectivity index (χ3v) is 3.26. The summed E-state index contributed by atoms with van der Waals surface area (Å²) in [5.74, 6) is 0.696. The Hall–Kier alpha value is -2.16. The van der Waals surface area contributed by atoms with Gasteiger partial charge in [0.05, 0.1) is 11.4 Å². The number of nitrogens with two attached hydrogens (primary N) is 2. The first-order chi connectivity index (χ1) is 9.39. The molecule has 0 bridgehead atoms. The van der Waals surface area contributed by atoms with E-state index in [-0.39, 0.29) is 5.41 Å². The predicted octanol–water partition coefficient (Wildman–Crippen LogP) is 3.73. The van der Waals surface area contributed by atoms with Gasteiger partial charge < -0.3 is 16.2 Å². The normalized spacial score (nSPS) is 11.3. The quantitative estimate of drug-likeness (QED) is 0.835. The van der Waals surface area contributed by atoms with Crippen molar-refractivity contribution in [2.24, 2.45) is 0 Å². The third kappa shape index (κ3) is 3.05. The molecule has 0 spiro atoms. The van der Waals surface area contributed by atoms with Crippen molar-refractivity contribution < 1.29 is 4.74 Å². The summed E-state index contributed by atoms with van der Waals surface area (Å²) in [4.78, 5) is 0. The molecule has 0 saturated carbocycles. The molecule has 0 unspecified atom stereocenters. The van der Waals surface area contributed by atoms with Gasteiger partial charge in [-0.05, 0) is 17.0 Å². The molecule has 2 aromatic rings. The minimum absolute atomic E-state index is 0.0478. The molecule has 20 heavy (non-hydrogen) atoms. The van der Waals surface area contributed by atoms with Crippen LogP contribution < -0.4 is 16.2 Å². The van der Waals surface area contributed by atoms with Gasteiger partial charge in [0.2, 0.25) is 0 Å². The van der Waals surface area contributed by atoms with E-state index >= 15 is 0 Å². The van der Waals surface area contributed by atoms with E-state index < -0.39 is 0 Å². The van der Waals surface area contributed by atoms with E-state index in [9.17, 15) is 0 Å². The van der Waals surface area contributed by atoms with Gasteiger partial charge in [0.1, 0.15) is 12.4 Å². The highest BCUT2D eigenvalue weighted by atomic mass is 16.5. The van der Waals surface area contributed by atoms with Crippen LogP contribution in [-0.2, 0) is 12.0 Å². The Kier molecular flexibility index (Phi) is 3.89. The van der Waals surface area contributed by atoms with E-state index in [4.69, 9.17) is 16.2 Å². The minimum atomic E-state index is -0.0478. The Morgan fingerprint density at radius 3 is 2.20 bits per heavy atom. The van der Waals surface area contributed by atoms with Gasteiger partial charge in [-0.25, -0.2) is 0 Å². The summed E-state index contributed by atoms with van der Waals surface area (Å²) in [5, 5.41) is 0. The first-order valence-corrected chi connectivity index (χ1v) is 6.75. The third-order valence-electron chi connectivity index (χ3n) is 3.26. The molecule has 0 saturated heterocycles. The molecule has 0 aliphatic rings. The molecule has 0 amide bonds. The fraction of sp³-hybridized carbons (Fsp3) is 0.294. The highest BCUT2D eigenvalue weighted by molar-refractivity contribution is 5.73. The van der Waals surface area contributed by atoms with Gasteiger partial charge in [-0.3, -0.25) is 0 Å². The number of benzene rings is 2. The molecular formula is C17H22N2O. The van der Waals surface area contributed by atoms with Crippen LogP contribution in [0.5, 0.6) is 5.75 Å². The Balaban J connectivity index is 2.32. The summed E-state index contributed by atoms with van der Waals surface area (Å²) >= 11 is 0. The number of anilines is 2. The van der Waals surface area contributed by atoms with E-state index in [0.717, 1.165) is 11.1 Å². The second-order valence-electron chi connectivity index (χ2n) is 5.97. The first-order valence-electron chi connectivity index (χ1n) is 6.75. The molecule has 0 aromatic heterocycles. The maximum Gasteiger partial charge on any atom is 0.148 e. The van der Waals surface area contributed by atoms with Gasteiger partial charge >= 0.3 is 0 Å². The molecule has 4 N–H and O–H groups in total. The fourth-order valence-electron chi connectivity index (χ4n) is 2.09. The lowest BCUT2D eigenvalue weighted by atomic mass is 9.85. The van der Waals surface area contributed by atoms with E-state index in [1.807, 2.05) is 42.5 Å². The zero-order valence-electron chi connectivity index (χ0n) is 12.3. The monoisotopic (exact) mass is 270 g/mol. The Morgan fingerprint density at radius 2 is 1.60 bits per heavy atom. The van der Waals surface area contributed by atoms with E-state index in [0.29, 0.717) is 23.7 Å². The topological polar surface area (TPSA) is 61.3 Å². The molecule has 3 heteroatoms. The SMILES string of the molecule is CC(C)(C)c1ccc(N)c(N)c1OCc1ccccc1. The lowest BCUT2D eigenvalue weighted by Gasteiger charge is -2.24. The van der Waals surface area contributed by atoms with Crippen LogP contribution in [0.15, 0.2) is 42.5 Å². The molecule has 2 rings (SSSR count). The maximum absolute atomic E-state index is 6.09. The second kappa shape index (κ2) is 5.45. The molecule has 0 aliphatic carbocycles. The van der Waals surface area contributed by atoms with Gasteiger partial charge in [0, 0.05) is 5.56 Å². The zero-order chi connectivity index (χ0) is 14.8. The number of rotatable bonds is 3. The molecule has 0 atom stereocenters. The van der Waals surface area contributed by atoms with Crippen molar-refractivity contribution >= 4 is 11.4 Å². The van der Waals surface area contributed by atoms with E-state index in [1.165, 1.54) is 0 Å². The molecule has 0 aliphatic heterocycles. The summed E-state index contributed by atoms with van der Waals surface area (Å²) in [6.07, 6.45) is 0. The average molecular weight is 270 g/mol. The van der Waals surface area contributed by atoms with Crippen molar-refractivity contribution in [1.82, 2.24) is 0 Å². The van der Waals surface area contributed by atoms with Crippen molar-refractivity contribution in [3.8, 4) is 5.75 Å². The van der Waals surface area contributed by atoms with E-state index in [1.54, 1.807) is 0 Å². The van der Waals surface area contributed by atoms with Gasteiger partial charge in [-0.2, -0.15) is 0 Å². The van der Waals surface area contributed by atoms with Crippen LogP contribution in [0.3, 0.4) is 0 Å². The smallest absolute Gasteiger partial charge is 0.148 e. The van der Waals surface area contributed by atoms with Gasteiger partial charge in [-0.1, -0.05) is 57.2 Å². The van der Waals surface area contributed by atoms with Crippen LogP contribution in [0.25, 0.3) is 0 Å².